The Bertz CT molecular complexity index is 431. The van der Waals surface area contributed by atoms with Crippen molar-refractivity contribution in [3.05, 3.63) is 33.9 Å². The van der Waals surface area contributed by atoms with Crippen molar-refractivity contribution in [1.29, 1.82) is 0 Å². The van der Waals surface area contributed by atoms with E-state index in [-0.39, 0.29) is 23.8 Å². The first-order chi connectivity index (χ1) is 8.06. The van der Waals surface area contributed by atoms with Crippen LogP contribution < -0.4 is 4.74 Å². The molecule has 1 rings (SSSR count). The molecule has 0 aliphatic rings. The van der Waals surface area contributed by atoms with E-state index in [9.17, 15) is 14.9 Å². The van der Waals surface area contributed by atoms with E-state index in [2.05, 4.69) is 0 Å². The molecule has 0 atom stereocenters. The van der Waals surface area contributed by atoms with Crippen molar-refractivity contribution >= 4 is 11.7 Å². The number of nitrogens with zero attached hydrogens (tertiary/aromatic N) is 1. The van der Waals surface area contributed by atoms with Gasteiger partial charge in [0.05, 0.1) is 4.92 Å². The Morgan fingerprint density at radius 2 is 2.24 bits per heavy atom. The van der Waals surface area contributed by atoms with Crippen LogP contribution in [0, 0.1) is 10.1 Å². The number of carboxylic acid groups (broad SMARTS) is 1. The summed E-state index contributed by atoms with van der Waals surface area (Å²) in [4.78, 5) is 20.7. The minimum atomic E-state index is -1.29. The van der Waals surface area contributed by atoms with Crippen molar-refractivity contribution in [1.82, 2.24) is 0 Å². The van der Waals surface area contributed by atoms with Crippen molar-refractivity contribution in [2.75, 3.05) is 13.4 Å². The highest BCUT2D eigenvalue weighted by molar-refractivity contribution is 5.91. The van der Waals surface area contributed by atoms with Gasteiger partial charge in [0.15, 0.2) is 6.79 Å². The van der Waals surface area contributed by atoms with Gasteiger partial charge in [-0.1, -0.05) is 0 Å². The van der Waals surface area contributed by atoms with Crippen molar-refractivity contribution in [3.63, 3.8) is 0 Å². The number of hydrogen-bond acceptors (Lipinski definition) is 5. The summed E-state index contributed by atoms with van der Waals surface area (Å²) in [6.07, 6.45) is 0. The number of rotatable bonds is 6. The number of carbonyl (C=O) groups is 1. The number of ether oxygens (including phenoxy) is 2. The van der Waals surface area contributed by atoms with Crippen LogP contribution in [0.1, 0.15) is 17.3 Å². The van der Waals surface area contributed by atoms with Gasteiger partial charge in [0.2, 0.25) is 0 Å². The van der Waals surface area contributed by atoms with Gasteiger partial charge in [-0.05, 0) is 13.0 Å². The van der Waals surface area contributed by atoms with E-state index in [0.29, 0.717) is 6.61 Å². The Balaban J connectivity index is 2.96. The highest BCUT2D eigenvalue weighted by atomic mass is 16.7. The van der Waals surface area contributed by atoms with E-state index in [1.807, 2.05) is 0 Å². The number of nitro benzene ring substituents is 1. The second-order valence-electron chi connectivity index (χ2n) is 3.00. The molecule has 0 aliphatic carbocycles. The molecule has 0 unspecified atom stereocenters. The van der Waals surface area contributed by atoms with Gasteiger partial charge in [0, 0.05) is 18.7 Å². The fraction of sp³-hybridized carbons (Fsp3) is 0.300. The van der Waals surface area contributed by atoms with Crippen LogP contribution in [0.2, 0.25) is 0 Å². The molecule has 0 radical (unpaired) electrons. The van der Waals surface area contributed by atoms with Gasteiger partial charge in [-0.3, -0.25) is 10.1 Å². The summed E-state index contributed by atoms with van der Waals surface area (Å²) >= 11 is 0. The van der Waals surface area contributed by atoms with Crippen molar-refractivity contribution < 1.29 is 24.3 Å². The van der Waals surface area contributed by atoms with E-state index in [1.165, 1.54) is 12.1 Å². The average molecular weight is 241 g/mol. The largest absolute Gasteiger partial charge is 0.478 e. The van der Waals surface area contributed by atoms with Crippen LogP contribution >= 0.6 is 0 Å². The second-order valence-corrected chi connectivity index (χ2v) is 3.00. The molecular weight excluding hydrogens is 230 g/mol. The Hall–Kier alpha value is -2.15. The number of aromatic carboxylic acids is 1. The normalized spacial score (nSPS) is 9.94. The standard InChI is InChI=1S/C10H11NO6/c1-2-16-6-17-9-4-3-7(11(14)15)5-8(9)10(12)13/h3-5H,2,6H2,1H3,(H,12,13). The molecule has 1 aromatic rings. The molecule has 0 spiro atoms. The third-order valence-corrected chi connectivity index (χ3v) is 1.91. The molecule has 1 aromatic carbocycles. The molecule has 0 amide bonds. The van der Waals surface area contributed by atoms with Crippen molar-refractivity contribution in [2.45, 2.75) is 6.92 Å². The first kappa shape index (κ1) is 12.9. The zero-order valence-electron chi connectivity index (χ0n) is 9.08. The minimum absolute atomic E-state index is 0.0385. The Kier molecular flexibility index (Phi) is 4.41. The van der Waals surface area contributed by atoms with Crippen LogP contribution in [0.15, 0.2) is 18.2 Å². The van der Waals surface area contributed by atoms with E-state index >= 15 is 0 Å². The average Bonchev–Trinajstić information content (AvgIpc) is 2.29. The van der Waals surface area contributed by atoms with Crippen LogP contribution in [0.25, 0.3) is 0 Å². The molecule has 0 bridgehead atoms. The van der Waals surface area contributed by atoms with Gasteiger partial charge in [-0.25, -0.2) is 4.79 Å². The molecule has 0 fully saturated rings. The van der Waals surface area contributed by atoms with Crippen LogP contribution in [0.3, 0.4) is 0 Å². The molecule has 0 heterocycles. The fourth-order valence-corrected chi connectivity index (χ4v) is 1.11. The predicted octanol–water partition coefficient (Wildman–Crippen LogP) is 1.67. The van der Waals surface area contributed by atoms with Crippen LogP contribution in [-0.2, 0) is 4.74 Å². The molecule has 0 saturated heterocycles. The predicted molar refractivity (Wildman–Crippen MR) is 57.2 cm³/mol. The zero-order chi connectivity index (χ0) is 12.8. The number of hydrogen-bond donors (Lipinski definition) is 1. The summed E-state index contributed by atoms with van der Waals surface area (Å²) in [7, 11) is 0. The SMILES string of the molecule is CCOCOc1ccc([N+](=O)[O-])cc1C(=O)O. The number of benzene rings is 1. The lowest BCUT2D eigenvalue weighted by atomic mass is 10.2. The lowest BCUT2D eigenvalue weighted by molar-refractivity contribution is -0.384. The van der Waals surface area contributed by atoms with E-state index < -0.39 is 10.9 Å². The third-order valence-electron chi connectivity index (χ3n) is 1.91. The Morgan fingerprint density at radius 1 is 1.53 bits per heavy atom. The third kappa shape index (κ3) is 3.42. The van der Waals surface area contributed by atoms with E-state index in [1.54, 1.807) is 6.92 Å². The minimum Gasteiger partial charge on any atom is -0.478 e. The molecule has 0 saturated carbocycles. The van der Waals surface area contributed by atoms with E-state index in [4.69, 9.17) is 14.6 Å². The molecule has 92 valence electrons. The van der Waals surface area contributed by atoms with Gasteiger partial charge in [-0.15, -0.1) is 0 Å². The summed E-state index contributed by atoms with van der Waals surface area (Å²) in [5.41, 5.74) is -0.565. The highest BCUT2D eigenvalue weighted by Crippen LogP contribution is 2.24. The lowest BCUT2D eigenvalue weighted by Crippen LogP contribution is -2.07. The first-order valence-corrected chi connectivity index (χ1v) is 4.78. The zero-order valence-corrected chi connectivity index (χ0v) is 9.08. The van der Waals surface area contributed by atoms with Gasteiger partial charge in [-0.2, -0.15) is 0 Å². The topological polar surface area (TPSA) is 98.9 Å². The van der Waals surface area contributed by atoms with Gasteiger partial charge >= 0.3 is 5.97 Å². The summed E-state index contributed by atoms with van der Waals surface area (Å²) in [6.45, 7) is 2.08. The summed E-state index contributed by atoms with van der Waals surface area (Å²) in [6, 6.07) is 3.36. The van der Waals surface area contributed by atoms with E-state index in [0.717, 1.165) is 6.07 Å². The summed E-state index contributed by atoms with van der Waals surface area (Å²) in [5, 5.41) is 19.4. The van der Waals surface area contributed by atoms with Gasteiger partial charge in [0.1, 0.15) is 11.3 Å². The summed E-state index contributed by atoms with van der Waals surface area (Å²) in [5.74, 6) is -1.25. The summed E-state index contributed by atoms with van der Waals surface area (Å²) < 4.78 is 9.95. The second kappa shape index (κ2) is 5.80. The smallest absolute Gasteiger partial charge is 0.339 e. The fourth-order valence-electron chi connectivity index (χ4n) is 1.11. The van der Waals surface area contributed by atoms with Crippen LogP contribution in [0.4, 0.5) is 5.69 Å². The Morgan fingerprint density at radius 3 is 2.76 bits per heavy atom. The number of carboxylic acids is 1. The Labute approximate surface area is 96.7 Å². The number of non-ortho nitro benzene ring substituents is 1. The highest BCUT2D eigenvalue weighted by Gasteiger charge is 2.16. The van der Waals surface area contributed by atoms with Gasteiger partial charge < -0.3 is 14.6 Å². The van der Waals surface area contributed by atoms with Crippen molar-refractivity contribution in [2.24, 2.45) is 0 Å². The lowest BCUT2D eigenvalue weighted by Gasteiger charge is -2.08. The molecule has 17 heavy (non-hydrogen) atoms. The molecular formula is C10H11NO6. The molecule has 7 nitrogen and oxygen atoms in total. The molecule has 7 heteroatoms. The quantitative estimate of drug-likeness (QED) is 0.352. The maximum Gasteiger partial charge on any atom is 0.339 e. The molecule has 0 aliphatic heterocycles. The van der Waals surface area contributed by atoms with Crippen LogP contribution in [-0.4, -0.2) is 29.4 Å². The van der Waals surface area contributed by atoms with Crippen molar-refractivity contribution in [3.8, 4) is 5.75 Å². The maximum absolute atomic E-state index is 10.9. The first-order valence-electron chi connectivity index (χ1n) is 4.78. The molecule has 0 aromatic heterocycles. The number of nitro groups is 1. The monoisotopic (exact) mass is 241 g/mol. The van der Waals surface area contributed by atoms with Crippen LogP contribution in [0.5, 0.6) is 5.75 Å². The maximum atomic E-state index is 10.9. The molecule has 1 N–H and O–H groups in total. The van der Waals surface area contributed by atoms with Gasteiger partial charge in [0.25, 0.3) is 5.69 Å².